The maximum atomic E-state index is 13.5. The summed E-state index contributed by atoms with van der Waals surface area (Å²) in [5.74, 6) is -1.05. The molecule has 6 heteroatoms. The number of carbonyl (C=O) groups excluding carboxylic acids is 1. The number of nitrogens with zero attached hydrogens (tertiary/aromatic N) is 3. The molecule has 1 aromatic rings. The Morgan fingerprint density at radius 2 is 2.05 bits per heavy atom. The molecule has 0 radical (unpaired) electrons. The Morgan fingerprint density at radius 1 is 1.40 bits per heavy atom. The second kappa shape index (κ2) is 5.85. The molecule has 0 spiro atoms. The van der Waals surface area contributed by atoms with Crippen molar-refractivity contribution in [1.29, 1.82) is 0 Å². The average molecular weight is 281 g/mol. The van der Waals surface area contributed by atoms with E-state index in [0.717, 1.165) is 0 Å². The predicted molar refractivity (Wildman–Crippen MR) is 72.8 cm³/mol. The number of aromatic nitrogens is 1. The molecule has 1 N–H and O–H groups in total. The first-order valence-corrected chi connectivity index (χ1v) is 6.71. The van der Waals surface area contributed by atoms with Crippen molar-refractivity contribution in [2.24, 2.45) is 0 Å². The lowest BCUT2D eigenvalue weighted by Gasteiger charge is -2.37. The van der Waals surface area contributed by atoms with E-state index in [1.165, 1.54) is 12.3 Å². The molecular formula is C14H20FN3O2. The molecule has 1 fully saturated rings. The Kier molecular flexibility index (Phi) is 4.35. The van der Waals surface area contributed by atoms with E-state index in [9.17, 15) is 14.3 Å². The summed E-state index contributed by atoms with van der Waals surface area (Å²) in [5, 5.41) is 9.78. The van der Waals surface area contributed by atoms with Crippen LogP contribution >= 0.6 is 0 Å². The summed E-state index contributed by atoms with van der Waals surface area (Å²) in [6.07, 6.45) is 1.33. The number of pyridine rings is 1. The number of aliphatic hydroxyl groups is 1. The van der Waals surface area contributed by atoms with Crippen LogP contribution in [0.25, 0.3) is 0 Å². The Labute approximate surface area is 118 Å². The monoisotopic (exact) mass is 281 g/mol. The molecule has 0 bridgehead atoms. The molecule has 1 aliphatic rings. The van der Waals surface area contributed by atoms with Gasteiger partial charge in [0.05, 0.1) is 11.2 Å². The number of rotatable bonds is 3. The molecule has 0 unspecified atom stereocenters. The smallest absolute Gasteiger partial charge is 0.258 e. The van der Waals surface area contributed by atoms with Crippen LogP contribution in [-0.2, 0) is 0 Å². The SMILES string of the molecule is CC(C)(O)CN1CCN(C(=O)c2cccnc2F)CC1. The summed E-state index contributed by atoms with van der Waals surface area (Å²) >= 11 is 0. The van der Waals surface area contributed by atoms with Gasteiger partial charge in [-0.15, -0.1) is 0 Å². The molecule has 5 nitrogen and oxygen atoms in total. The van der Waals surface area contributed by atoms with Crippen LogP contribution in [0.5, 0.6) is 0 Å². The topological polar surface area (TPSA) is 56.7 Å². The van der Waals surface area contributed by atoms with Gasteiger partial charge in [0.2, 0.25) is 5.95 Å². The van der Waals surface area contributed by atoms with Crippen LogP contribution in [0.4, 0.5) is 4.39 Å². The van der Waals surface area contributed by atoms with Crippen LogP contribution in [0, 0.1) is 5.95 Å². The van der Waals surface area contributed by atoms with Crippen molar-refractivity contribution < 1.29 is 14.3 Å². The quantitative estimate of drug-likeness (QED) is 0.831. The Morgan fingerprint density at radius 3 is 2.60 bits per heavy atom. The normalized spacial score (nSPS) is 17.3. The lowest BCUT2D eigenvalue weighted by Crippen LogP contribution is -2.52. The van der Waals surface area contributed by atoms with E-state index >= 15 is 0 Å². The molecule has 2 heterocycles. The zero-order chi connectivity index (χ0) is 14.8. The molecule has 0 atom stereocenters. The van der Waals surface area contributed by atoms with E-state index in [4.69, 9.17) is 0 Å². The van der Waals surface area contributed by atoms with Gasteiger partial charge in [-0.2, -0.15) is 4.39 Å². The summed E-state index contributed by atoms with van der Waals surface area (Å²) in [7, 11) is 0. The molecule has 20 heavy (non-hydrogen) atoms. The summed E-state index contributed by atoms with van der Waals surface area (Å²) in [6, 6.07) is 3.01. The van der Waals surface area contributed by atoms with Gasteiger partial charge in [0.15, 0.2) is 0 Å². The van der Waals surface area contributed by atoms with Gasteiger partial charge in [-0.1, -0.05) is 0 Å². The number of hydrogen-bond acceptors (Lipinski definition) is 4. The number of β-amino-alcohol motifs (C(OH)–C–C–N with tert-alkyl or cyclic N) is 1. The molecule has 1 amide bonds. The van der Waals surface area contributed by atoms with Crippen molar-refractivity contribution in [2.45, 2.75) is 19.4 Å². The molecule has 1 saturated heterocycles. The maximum absolute atomic E-state index is 13.5. The van der Waals surface area contributed by atoms with Crippen molar-refractivity contribution in [3.8, 4) is 0 Å². The van der Waals surface area contributed by atoms with Crippen LogP contribution in [0.1, 0.15) is 24.2 Å². The van der Waals surface area contributed by atoms with Crippen molar-refractivity contribution in [1.82, 2.24) is 14.8 Å². The van der Waals surface area contributed by atoms with Gasteiger partial charge in [0, 0.05) is 38.9 Å². The van der Waals surface area contributed by atoms with Crippen LogP contribution in [0.2, 0.25) is 0 Å². The second-order valence-electron chi connectivity index (χ2n) is 5.72. The Bertz CT molecular complexity index is 480. The fourth-order valence-electron chi connectivity index (χ4n) is 2.37. The van der Waals surface area contributed by atoms with Gasteiger partial charge in [-0.25, -0.2) is 4.98 Å². The highest BCUT2D eigenvalue weighted by atomic mass is 19.1. The Hall–Kier alpha value is -1.53. The lowest BCUT2D eigenvalue weighted by molar-refractivity contribution is 0.0177. The second-order valence-corrected chi connectivity index (χ2v) is 5.72. The van der Waals surface area contributed by atoms with E-state index < -0.39 is 11.5 Å². The fraction of sp³-hybridized carbons (Fsp3) is 0.571. The highest BCUT2D eigenvalue weighted by Crippen LogP contribution is 2.12. The largest absolute Gasteiger partial charge is 0.389 e. The maximum Gasteiger partial charge on any atom is 0.258 e. The third kappa shape index (κ3) is 3.74. The van der Waals surface area contributed by atoms with Crippen LogP contribution in [0.3, 0.4) is 0 Å². The number of halogens is 1. The third-order valence-electron chi connectivity index (χ3n) is 3.26. The zero-order valence-corrected chi connectivity index (χ0v) is 11.8. The molecule has 2 rings (SSSR count). The average Bonchev–Trinajstić information content (AvgIpc) is 2.37. The summed E-state index contributed by atoms with van der Waals surface area (Å²) in [4.78, 5) is 19.4. The molecule has 110 valence electrons. The summed E-state index contributed by atoms with van der Waals surface area (Å²) in [5.41, 5.74) is -0.731. The zero-order valence-electron chi connectivity index (χ0n) is 11.8. The van der Waals surface area contributed by atoms with E-state index in [2.05, 4.69) is 9.88 Å². The first-order chi connectivity index (χ1) is 9.37. The lowest BCUT2D eigenvalue weighted by atomic mass is 10.1. The fourth-order valence-corrected chi connectivity index (χ4v) is 2.37. The van der Waals surface area contributed by atoms with Crippen molar-refractivity contribution >= 4 is 5.91 Å². The number of hydrogen-bond donors (Lipinski definition) is 1. The van der Waals surface area contributed by atoms with E-state index in [1.807, 2.05) is 0 Å². The van der Waals surface area contributed by atoms with Crippen LogP contribution in [-0.4, -0.2) is 64.1 Å². The van der Waals surface area contributed by atoms with Gasteiger partial charge in [0.1, 0.15) is 0 Å². The van der Waals surface area contributed by atoms with Crippen LogP contribution < -0.4 is 0 Å². The minimum atomic E-state index is -0.748. The highest BCUT2D eigenvalue weighted by Gasteiger charge is 2.26. The number of carbonyl (C=O) groups is 1. The number of amides is 1. The van der Waals surface area contributed by atoms with Crippen molar-refractivity contribution in [3.63, 3.8) is 0 Å². The standard InChI is InChI=1S/C14H20FN3O2/c1-14(2,20)10-17-6-8-18(9-7-17)13(19)11-4-3-5-16-12(11)15/h3-5,20H,6-10H2,1-2H3. The van der Waals surface area contributed by atoms with Gasteiger partial charge in [-0.05, 0) is 26.0 Å². The van der Waals surface area contributed by atoms with Crippen molar-refractivity contribution in [2.75, 3.05) is 32.7 Å². The molecule has 1 aromatic heterocycles. The van der Waals surface area contributed by atoms with Gasteiger partial charge in [0.25, 0.3) is 5.91 Å². The van der Waals surface area contributed by atoms with Crippen LogP contribution in [0.15, 0.2) is 18.3 Å². The van der Waals surface area contributed by atoms with Crippen molar-refractivity contribution in [3.05, 3.63) is 29.8 Å². The molecule has 0 aliphatic carbocycles. The highest BCUT2D eigenvalue weighted by molar-refractivity contribution is 5.94. The minimum absolute atomic E-state index is 0.0171. The van der Waals surface area contributed by atoms with E-state index in [1.54, 1.807) is 24.8 Å². The third-order valence-corrected chi connectivity index (χ3v) is 3.26. The first-order valence-electron chi connectivity index (χ1n) is 6.71. The van der Waals surface area contributed by atoms with E-state index in [-0.39, 0.29) is 11.5 Å². The molecular weight excluding hydrogens is 261 g/mol. The Balaban J connectivity index is 1.94. The van der Waals surface area contributed by atoms with Gasteiger partial charge in [-0.3, -0.25) is 9.69 Å². The van der Waals surface area contributed by atoms with E-state index in [0.29, 0.717) is 32.7 Å². The minimum Gasteiger partial charge on any atom is -0.389 e. The summed E-state index contributed by atoms with van der Waals surface area (Å²) < 4.78 is 13.5. The predicted octanol–water partition coefficient (Wildman–Crippen LogP) is 0.749. The molecule has 1 aliphatic heterocycles. The first kappa shape index (κ1) is 14.9. The molecule has 0 aromatic carbocycles. The number of piperazine rings is 1. The molecule has 0 saturated carbocycles. The summed E-state index contributed by atoms with van der Waals surface area (Å²) in [6.45, 7) is 6.50. The van der Waals surface area contributed by atoms with Gasteiger partial charge >= 0.3 is 0 Å². The van der Waals surface area contributed by atoms with Gasteiger partial charge < -0.3 is 10.0 Å².